The van der Waals surface area contributed by atoms with Crippen molar-refractivity contribution in [2.75, 3.05) is 13.1 Å². The molecule has 1 saturated heterocycles. The number of carbonyl (C=O) groups is 2. The van der Waals surface area contributed by atoms with Crippen molar-refractivity contribution in [3.63, 3.8) is 0 Å². The van der Waals surface area contributed by atoms with Crippen molar-refractivity contribution in [3.05, 3.63) is 0 Å². The molecule has 0 saturated carbocycles. The number of amides is 2. The standard InChI is InChI=1S/C9H16N2O3/c1-6(2)7-5-11(9(14)10-7)4-3-8(12)13/h6-7H,3-5H2,1-2H3,(H,10,14)(H,12,13). The van der Waals surface area contributed by atoms with E-state index in [0.29, 0.717) is 19.0 Å². The van der Waals surface area contributed by atoms with Crippen molar-refractivity contribution in [2.24, 2.45) is 5.92 Å². The number of hydrogen-bond donors (Lipinski definition) is 2. The smallest absolute Gasteiger partial charge is 0.317 e. The lowest BCUT2D eigenvalue weighted by atomic mass is 10.1. The first-order chi connectivity index (χ1) is 6.50. The molecule has 1 rings (SSSR count). The summed E-state index contributed by atoms with van der Waals surface area (Å²) in [5, 5.41) is 11.3. The first kappa shape index (κ1) is 10.8. The largest absolute Gasteiger partial charge is 0.481 e. The van der Waals surface area contributed by atoms with Crippen LogP contribution in [0.15, 0.2) is 0 Å². The highest BCUT2D eigenvalue weighted by molar-refractivity contribution is 5.77. The van der Waals surface area contributed by atoms with Gasteiger partial charge in [0.25, 0.3) is 0 Å². The normalized spacial score (nSPS) is 21.5. The maximum Gasteiger partial charge on any atom is 0.317 e. The Morgan fingerprint density at radius 2 is 2.36 bits per heavy atom. The zero-order chi connectivity index (χ0) is 10.7. The van der Waals surface area contributed by atoms with Crippen molar-refractivity contribution in [1.29, 1.82) is 0 Å². The van der Waals surface area contributed by atoms with Crippen molar-refractivity contribution < 1.29 is 14.7 Å². The summed E-state index contributed by atoms with van der Waals surface area (Å²) in [7, 11) is 0. The molecule has 0 aliphatic carbocycles. The second-order valence-electron chi connectivity index (χ2n) is 3.89. The number of rotatable bonds is 4. The van der Waals surface area contributed by atoms with Gasteiger partial charge in [-0.05, 0) is 5.92 Å². The van der Waals surface area contributed by atoms with Crippen LogP contribution >= 0.6 is 0 Å². The molecule has 0 spiro atoms. The Labute approximate surface area is 83.1 Å². The summed E-state index contributed by atoms with van der Waals surface area (Å²) in [6.07, 6.45) is 0.0121. The van der Waals surface area contributed by atoms with Gasteiger partial charge in [0, 0.05) is 13.1 Å². The van der Waals surface area contributed by atoms with Crippen LogP contribution in [0.5, 0.6) is 0 Å². The maximum absolute atomic E-state index is 11.3. The first-order valence-corrected chi connectivity index (χ1v) is 4.78. The Balaban J connectivity index is 2.41. The van der Waals surface area contributed by atoms with Gasteiger partial charge in [0.15, 0.2) is 0 Å². The Morgan fingerprint density at radius 3 is 2.79 bits per heavy atom. The molecule has 1 atom stereocenters. The van der Waals surface area contributed by atoms with Crippen LogP contribution in [0.4, 0.5) is 4.79 Å². The highest BCUT2D eigenvalue weighted by Crippen LogP contribution is 2.11. The summed E-state index contributed by atoms with van der Waals surface area (Å²) >= 11 is 0. The van der Waals surface area contributed by atoms with Gasteiger partial charge in [0.2, 0.25) is 0 Å². The van der Waals surface area contributed by atoms with Crippen molar-refractivity contribution in [3.8, 4) is 0 Å². The van der Waals surface area contributed by atoms with Crippen LogP contribution in [0.3, 0.4) is 0 Å². The minimum Gasteiger partial charge on any atom is -0.481 e. The topological polar surface area (TPSA) is 69.6 Å². The molecule has 0 bridgehead atoms. The van der Waals surface area contributed by atoms with E-state index in [0.717, 1.165) is 0 Å². The van der Waals surface area contributed by atoms with Gasteiger partial charge in [-0.15, -0.1) is 0 Å². The summed E-state index contributed by atoms with van der Waals surface area (Å²) in [6.45, 7) is 4.98. The SMILES string of the molecule is CC(C)C1CN(CCC(=O)O)C(=O)N1. The molecular formula is C9H16N2O3. The van der Waals surface area contributed by atoms with Crippen LogP contribution in [0.1, 0.15) is 20.3 Å². The molecule has 0 radical (unpaired) electrons. The molecule has 2 amide bonds. The lowest BCUT2D eigenvalue weighted by Crippen LogP contribution is -2.31. The van der Waals surface area contributed by atoms with E-state index < -0.39 is 5.97 Å². The third-order valence-electron chi connectivity index (χ3n) is 2.41. The average molecular weight is 200 g/mol. The van der Waals surface area contributed by atoms with E-state index >= 15 is 0 Å². The Morgan fingerprint density at radius 1 is 1.71 bits per heavy atom. The number of aliphatic carboxylic acids is 1. The van der Waals surface area contributed by atoms with Gasteiger partial charge >= 0.3 is 12.0 Å². The van der Waals surface area contributed by atoms with Gasteiger partial charge < -0.3 is 15.3 Å². The number of nitrogens with zero attached hydrogens (tertiary/aromatic N) is 1. The molecule has 1 heterocycles. The van der Waals surface area contributed by atoms with E-state index in [1.54, 1.807) is 4.90 Å². The third-order valence-corrected chi connectivity index (χ3v) is 2.41. The van der Waals surface area contributed by atoms with Crippen LogP contribution in [0, 0.1) is 5.92 Å². The second kappa shape index (κ2) is 4.30. The molecule has 2 N–H and O–H groups in total. The maximum atomic E-state index is 11.3. The van der Waals surface area contributed by atoms with Crippen LogP contribution in [0.25, 0.3) is 0 Å². The van der Waals surface area contributed by atoms with Gasteiger partial charge in [-0.1, -0.05) is 13.8 Å². The lowest BCUT2D eigenvalue weighted by molar-refractivity contribution is -0.137. The number of carboxylic acids is 1. The summed E-state index contributed by atoms with van der Waals surface area (Å²) in [6, 6.07) is 0.00115. The average Bonchev–Trinajstić information content (AvgIpc) is 2.43. The molecule has 80 valence electrons. The number of carbonyl (C=O) groups excluding carboxylic acids is 1. The third kappa shape index (κ3) is 2.61. The zero-order valence-corrected chi connectivity index (χ0v) is 8.49. The molecular weight excluding hydrogens is 184 g/mol. The predicted molar refractivity (Wildman–Crippen MR) is 51.0 cm³/mol. The first-order valence-electron chi connectivity index (χ1n) is 4.78. The molecule has 14 heavy (non-hydrogen) atoms. The van der Waals surface area contributed by atoms with Crippen LogP contribution in [-0.2, 0) is 4.79 Å². The predicted octanol–water partition coefficient (Wildman–Crippen LogP) is 0.511. The summed E-state index contributed by atoms with van der Waals surface area (Å²) in [5.41, 5.74) is 0. The fourth-order valence-electron chi connectivity index (χ4n) is 1.42. The number of hydrogen-bond acceptors (Lipinski definition) is 2. The van der Waals surface area contributed by atoms with Crippen molar-refractivity contribution >= 4 is 12.0 Å². The Kier molecular flexibility index (Phi) is 3.33. The van der Waals surface area contributed by atoms with Crippen LogP contribution in [-0.4, -0.2) is 41.1 Å². The van der Waals surface area contributed by atoms with E-state index in [1.807, 2.05) is 13.8 Å². The Bertz CT molecular complexity index is 240. The molecule has 0 aromatic carbocycles. The van der Waals surface area contributed by atoms with E-state index in [9.17, 15) is 9.59 Å². The fraction of sp³-hybridized carbons (Fsp3) is 0.778. The second-order valence-corrected chi connectivity index (χ2v) is 3.89. The number of urea groups is 1. The van der Waals surface area contributed by atoms with Gasteiger partial charge in [-0.2, -0.15) is 0 Å². The monoisotopic (exact) mass is 200 g/mol. The quantitative estimate of drug-likeness (QED) is 0.694. The van der Waals surface area contributed by atoms with E-state index in [2.05, 4.69) is 5.32 Å². The van der Waals surface area contributed by atoms with Crippen molar-refractivity contribution in [2.45, 2.75) is 26.3 Å². The lowest BCUT2D eigenvalue weighted by Gasteiger charge is -2.14. The van der Waals surface area contributed by atoms with Gasteiger partial charge in [0.1, 0.15) is 0 Å². The van der Waals surface area contributed by atoms with Gasteiger partial charge in [-0.3, -0.25) is 4.79 Å². The number of nitrogens with one attached hydrogen (secondary N) is 1. The van der Waals surface area contributed by atoms with Crippen molar-refractivity contribution in [1.82, 2.24) is 10.2 Å². The molecule has 0 aromatic heterocycles. The highest BCUT2D eigenvalue weighted by Gasteiger charge is 2.30. The summed E-state index contributed by atoms with van der Waals surface area (Å²) in [4.78, 5) is 23.2. The minimum atomic E-state index is -0.870. The molecule has 1 fully saturated rings. The fourth-order valence-corrected chi connectivity index (χ4v) is 1.42. The highest BCUT2D eigenvalue weighted by atomic mass is 16.4. The summed E-state index contributed by atoms with van der Waals surface area (Å²) < 4.78 is 0. The number of carboxylic acid groups (broad SMARTS) is 1. The summed E-state index contributed by atoms with van der Waals surface area (Å²) in [5.74, 6) is -0.487. The molecule has 1 aliphatic heterocycles. The molecule has 0 aromatic rings. The molecule has 1 aliphatic rings. The zero-order valence-electron chi connectivity index (χ0n) is 8.49. The van der Waals surface area contributed by atoms with Crippen LogP contribution < -0.4 is 5.32 Å². The Hall–Kier alpha value is -1.26. The molecule has 5 heteroatoms. The minimum absolute atomic E-state index is 0.0121. The van der Waals surface area contributed by atoms with Gasteiger partial charge in [-0.25, -0.2) is 4.79 Å². The molecule has 5 nitrogen and oxygen atoms in total. The van der Waals surface area contributed by atoms with E-state index in [-0.39, 0.29) is 18.5 Å². The van der Waals surface area contributed by atoms with Crippen LogP contribution in [0.2, 0.25) is 0 Å². The molecule has 1 unspecified atom stereocenters. The van der Waals surface area contributed by atoms with Gasteiger partial charge in [0.05, 0.1) is 12.5 Å². The van der Waals surface area contributed by atoms with E-state index in [4.69, 9.17) is 5.11 Å². The van der Waals surface area contributed by atoms with E-state index in [1.165, 1.54) is 0 Å².